The van der Waals surface area contributed by atoms with E-state index >= 15 is 0 Å². The number of alkyl halides is 3. The lowest BCUT2D eigenvalue weighted by molar-refractivity contribution is -0.127. The molecule has 0 aromatic carbocycles. The highest BCUT2D eigenvalue weighted by atomic mass is 32.1. The smallest absolute Gasteiger partial charge is 0.320 e. The molecule has 78 valence electrons. The molecule has 0 aliphatic heterocycles. The zero-order chi connectivity index (χ0) is 10.4. The monoisotopic (exact) mass is 222 g/mol. The second-order valence-electron chi connectivity index (χ2n) is 3.57. The Labute approximate surface area is 82.9 Å². The van der Waals surface area contributed by atoms with Crippen molar-refractivity contribution in [3.8, 4) is 0 Å². The van der Waals surface area contributed by atoms with Crippen LogP contribution in [0.3, 0.4) is 0 Å². The van der Waals surface area contributed by atoms with Gasteiger partial charge in [0.2, 0.25) is 0 Å². The van der Waals surface area contributed by atoms with E-state index in [-0.39, 0.29) is 5.01 Å². The van der Waals surface area contributed by atoms with E-state index in [9.17, 15) is 13.2 Å². The summed E-state index contributed by atoms with van der Waals surface area (Å²) in [5, 5.41) is 1.73. The van der Waals surface area contributed by atoms with E-state index in [4.69, 9.17) is 5.73 Å². The van der Waals surface area contributed by atoms with E-state index in [0.29, 0.717) is 5.69 Å². The summed E-state index contributed by atoms with van der Waals surface area (Å²) >= 11 is 1.03. The van der Waals surface area contributed by atoms with E-state index in [1.807, 2.05) is 0 Å². The molecule has 1 aliphatic carbocycles. The maximum Gasteiger partial charge on any atom is 0.395 e. The van der Waals surface area contributed by atoms with Crippen LogP contribution < -0.4 is 5.73 Å². The molecular weight excluding hydrogens is 213 g/mol. The van der Waals surface area contributed by atoms with Crippen LogP contribution in [-0.4, -0.2) is 11.2 Å². The Hall–Kier alpha value is -0.620. The first-order valence-corrected chi connectivity index (χ1v) is 5.08. The number of nitrogens with two attached hydrogens (primary N) is 1. The molecule has 0 saturated heterocycles. The van der Waals surface area contributed by atoms with Crippen molar-refractivity contribution in [3.63, 3.8) is 0 Å². The highest BCUT2D eigenvalue weighted by Gasteiger charge is 2.42. The molecular formula is C8H9F3N2S. The van der Waals surface area contributed by atoms with Gasteiger partial charge in [-0.05, 0) is 12.8 Å². The Morgan fingerprint density at radius 1 is 1.50 bits per heavy atom. The van der Waals surface area contributed by atoms with Crippen molar-refractivity contribution in [2.75, 3.05) is 0 Å². The fourth-order valence-corrected chi connectivity index (χ4v) is 2.12. The SMILES string of the molecule is NC1(c2csc(CC(F)(F)F)n2)CC1. The van der Waals surface area contributed by atoms with Gasteiger partial charge in [-0.25, -0.2) is 4.98 Å². The molecule has 0 bridgehead atoms. The number of hydrogen-bond donors (Lipinski definition) is 1. The van der Waals surface area contributed by atoms with Crippen LogP contribution in [0.15, 0.2) is 5.38 Å². The third kappa shape index (κ3) is 2.06. The molecule has 1 fully saturated rings. The van der Waals surface area contributed by atoms with Crippen molar-refractivity contribution in [3.05, 3.63) is 16.1 Å². The molecule has 1 aliphatic rings. The standard InChI is InChI=1S/C8H9F3N2S/c9-8(10,11)3-6-13-5(4-14-6)7(12)1-2-7/h4H,1-3,12H2. The van der Waals surface area contributed by atoms with Gasteiger partial charge in [-0.1, -0.05) is 0 Å². The average molecular weight is 222 g/mol. The van der Waals surface area contributed by atoms with Gasteiger partial charge in [0, 0.05) is 5.38 Å². The number of rotatable bonds is 2. The van der Waals surface area contributed by atoms with Gasteiger partial charge in [0.05, 0.1) is 17.7 Å². The van der Waals surface area contributed by atoms with Crippen LogP contribution in [0.1, 0.15) is 23.5 Å². The van der Waals surface area contributed by atoms with E-state index in [1.165, 1.54) is 0 Å². The summed E-state index contributed by atoms with van der Waals surface area (Å²) in [6, 6.07) is 0. The molecule has 0 atom stereocenters. The van der Waals surface area contributed by atoms with Crippen LogP contribution >= 0.6 is 11.3 Å². The first-order valence-electron chi connectivity index (χ1n) is 4.20. The first kappa shape index (κ1) is 9.92. The summed E-state index contributed by atoms with van der Waals surface area (Å²) in [5.41, 5.74) is 5.99. The van der Waals surface area contributed by atoms with E-state index in [2.05, 4.69) is 4.98 Å². The molecule has 14 heavy (non-hydrogen) atoms. The van der Waals surface area contributed by atoms with Gasteiger partial charge in [0.1, 0.15) is 5.01 Å². The molecule has 2 nitrogen and oxygen atoms in total. The third-order valence-electron chi connectivity index (χ3n) is 2.20. The van der Waals surface area contributed by atoms with Crippen molar-refractivity contribution >= 4 is 11.3 Å². The first-order chi connectivity index (χ1) is 6.39. The molecule has 6 heteroatoms. The summed E-state index contributed by atoms with van der Waals surface area (Å²) in [6.45, 7) is 0. The number of thiazole rings is 1. The van der Waals surface area contributed by atoms with Crippen LogP contribution in [0.4, 0.5) is 13.2 Å². The molecule has 2 rings (SSSR count). The van der Waals surface area contributed by atoms with Gasteiger partial charge in [-0.15, -0.1) is 11.3 Å². The van der Waals surface area contributed by atoms with Crippen molar-refractivity contribution in [2.24, 2.45) is 5.73 Å². The number of aromatic nitrogens is 1. The predicted octanol–water partition coefficient (Wildman–Crippen LogP) is 2.20. The Morgan fingerprint density at radius 2 is 2.14 bits per heavy atom. The maximum atomic E-state index is 12.0. The Kier molecular flexibility index (Phi) is 2.08. The fraction of sp³-hybridized carbons (Fsp3) is 0.625. The third-order valence-corrected chi connectivity index (χ3v) is 3.05. The number of halogens is 3. The minimum Gasteiger partial charge on any atom is -0.320 e. The molecule has 2 N–H and O–H groups in total. The van der Waals surface area contributed by atoms with Crippen LogP contribution in [0, 0.1) is 0 Å². The minimum absolute atomic E-state index is 0.101. The molecule has 1 aromatic rings. The highest BCUT2D eigenvalue weighted by molar-refractivity contribution is 7.09. The fourth-order valence-electron chi connectivity index (χ4n) is 1.18. The van der Waals surface area contributed by atoms with Gasteiger partial charge in [-0.2, -0.15) is 13.2 Å². The van der Waals surface area contributed by atoms with E-state index < -0.39 is 18.1 Å². The summed E-state index contributed by atoms with van der Waals surface area (Å²) in [7, 11) is 0. The molecule has 0 unspecified atom stereocenters. The molecule has 0 spiro atoms. The van der Waals surface area contributed by atoms with Gasteiger partial charge in [0.25, 0.3) is 0 Å². The Balaban J connectivity index is 2.11. The second-order valence-corrected chi connectivity index (χ2v) is 4.52. The van der Waals surface area contributed by atoms with E-state index in [1.54, 1.807) is 5.38 Å². The van der Waals surface area contributed by atoms with Crippen LogP contribution in [0.2, 0.25) is 0 Å². The van der Waals surface area contributed by atoms with Gasteiger partial charge >= 0.3 is 6.18 Å². The lowest BCUT2D eigenvalue weighted by Gasteiger charge is -2.03. The molecule has 0 radical (unpaired) electrons. The summed E-state index contributed by atoms with van der Waals surface area (Å²) in [4.78, 5) is 3.90. The largest absolute Gasteiger partial charge is 0.395 e. The van der Waals surface area contributed by atoms with E-state index in [0.717, 1.165) is 24.2 Å². The molecule has 1 saturated carbocycles. The van der Waals surface area contributed by atoms with Crippen LogP contribution in [0.5, 0.6) is 0 Å². The lowest BCUT2D eigenvalue weighted by Crippen LogP contribution is -2.19. The molecule has 1 heterocycles. The van der Waals surface area contributed by atoms with Crippen molar-refractivity contribution < 1.29 is 13.2 Å². The number of hydrogen-bond acceptors (Lipinski definition) is 3. The van der Waals surface area contributed by atoms with Crippen LogP contribution in [0.25, 0.3) is 0 Å². The minimum atomic E-state index is -4.18. The molecule has 1 aromatic heterocycles. The quantitative estimate of drug-likeness (QED) is 0.833. The topological polar surface area (TPSA) is 38.9 Å². The van der Waals surface area contributed by atoms with Gasteiger partial charge in [0.15, 0.2) is 0 Å². The van der Waals surface area contributed by atoms with Crippen molar-refractivity contribution in [2.45, 2.75) is 31.0 Å². The summed E-state index contributed by atoms with van der Waals surface area (Å²) in [6.07, 6.45) is -3.49. The lowest BCUT2D eigenvalue weighted by atomic mass is 10.2. The average Bonchev–Trinajstić information content (AvgIpc) is 2.60. The number of nitrogens with zero attached hydrogens (tertiary/aromatic N) is 1. The second kappa shape index (κ2) is 2.93. The maximum absolute atomic E-state index is 12.0. The predicted molar refractivity (Wildman–Crippen MR) is 47.0 cm³/mol. The van der Waals surface area contributed by atoms with Gasteiger partial charge < -0.3 is 5.73 Å². The van der Waals surface area contributed by atoms with Crippen LogP contribution in [-0.2, 0) is 12.0 Å². The summed E-state index contributed by atoms with van der Waals surface area (Å²) in [5.74, 6) is 0. The zero-order valence-corrected chi connectivity index (χ0v) is 8.08. The van der Waals surface area contributed by atoms with Crippen molar-refractivity contribution in [1.29, 1.82) is 0 Å². The van der Waals surface area contributed by atoms with Gasteiger partial charge in [-0.3, -0.25) is 0 Å². The zero-order valence-electron chi connectivity index (χ0n) is 7.27. The normalized spacial score (nSPS) is 19.7. The highest BCUT2D eigenvalue weighted by Crippen LogP contribution is 2.43. The Morgan fingerprint density at radius 3 is 2.64 bits per heavy atom. The van der Waals surface area contributed by atoms with Crippen molar-refractivity contribution in [1.82, 2.24) is 4.98 Å². The Bertz CT molecular complexity index is 341. The summed E-state index contributed by atoms with van der Waals surface area (Å²) < 4.78 is 36.0. The molecule has 0 amide bonds.